The Morgan fingerprint density at radius 3 is 2.68 bits per heavy atom. The molecule has 1 aromatic carbocycles. The molecule has 1 unspecified atom stereocenters. The van der Waals surface area contributed by atoms with Crippen molar-refractivity contribution in [2.45, 2.75) is 52.0 Å². The molecule has 2 atom stereocenters. The number of hydrogen-bond acceptors (Lipinski definition) is 5. The number of carboxylic acid groups (broad SMARTS) is 1. The van der Waals surface area contributed by atoms with E-state index in [0.29, 0.717) is 30.4 Å². The summed E-state index contributed by atoms with van der Waals surface area (Å²) in [5.41, 5.74) is 2.21. The monoisotopic (exact) mass is 428 g/mol. The Hall–Kier alpha value is -2.74. The number of aromatic nitrogens is 2. The van der Waals surface area contributed by atoms with Gasteiger partial charge in [-0.25, -0.2) is 0 Å². The number of carbonyl (C=O) groups is 3. The second-order valence-corrected chi connectivity index (χ2v) is 8.71. The first-order chi connectivity index (χ1) is 14.9. The molecule has 0 spiro atoms. The molecule has 3 N–H and O–H groups in total. The van der Waals surface area contributed by atoms with Gasteiger partial charge in [-0.2, -0.15) is 5.10 Å². The predicted molar refractivity (Wildman–Crippen MR) is 118 cm³/mol. The van der Waals surface area contributed by atoms with Gasteiger partial charge in [0.15, 0.2) is 5.69 Å². The molecule has 2 bridgehead atoms. The summed E-state index contributed by atoms with van der Waals surface area (Å²) < 4.78 is 0. The third-order valence-electron chi connectivity index (χ3n) is 6.49. The standard InChI is InChI=1S/C22H30N4O2.CH2O2/c1-3-14(2)10-17(27)11-15-4-5-19-18(12-15)21(25-24-19)22(28)23-20-13-26-8-6-16(20)7-9-26;2-1-3/h4-5,12,14,16,20H,3,6-11,13H2,1-2H3,(H,23,28)(H,24,25);1H,(H,2,3)/t14?,20-;/m0./s1. The molecule has 0 radical (unpaired) electrons. The molecule has 1 aromatic heterocycles. The number of amides is 1. The number of piperidine rings is 3. The molecule has 3 aliphatic heterocycles. The number of ketones is 1. The summed E-state index contributed by atoms with van der Waals surface area (Å²) in [4.78, 5) is 36.0. The molecule has 4 heterocycles. The van der Waals surface area contributed by atoms with E-state index in [1.54, 1.807) is 0 Å². The van der Waals surface area contributed by atoms with Crippen LogP contribution in [0.3, 0.4) is 0 Å². The molecule has 8 nitrogen and oxygen atoms in total. The maximum Gasteiger partial charge on any atom is 0.290 e. The van der Waals surface area contributed by atoms with Crippen molar-refractivity contribution in [3.63, 3.8) is 0 Å². The van der Waals surface area contributed by atoms with Crippen LogP contribution in [-0.2, 0) is 16.0 Å². The lowest BCUT2D eigenvalue weighted by Crippen LogP contribution is -2.57. The van der Waals surface area contributed by atoms with E-state index in [1.807, 2.05) is 18.2 Å². The molecule has 1 amide bonds. The van der Waals surface area contributed by atoms with Gasteiger partial charge in [0.1, 0.15) is 5.78 Å². The van der Waals surface area contributed by atoms with Crippen molar-refractivity contribution in [2.24, 2.45) is 11.8 Å². The smallest absolute Gasteiger partial charge is 0.290 e. The largest absolute Gasteiger partial charge is 0.483 e. The Morgan fingerprint density at radius 1 is 1.35 bits per heavy atom. The minimum atomic E-state index is -0.250. The summed E-state index contributed by atoms with van der Waals surface area (Å²) in [6, 6.07) is 6.02. The number of hydrogen-bond donors (Lipinski definition) is 3. The van der Waals surface area contributed by atoms with Gasteiger partial charge in [0.2, 0.25) is 0 Å². The number of carbonyl (C=O) groups excluding carboxylic acids is 2. The first-order valence-corrected chi connectivity index (χ1v) is 11.0. The van der Waals surface area contributed by atoms with Crippen LogP contribution in [0.1, 0.15) is 55.6 Å². The summed E-state index contributed by atoms with van der Waals surface area (Å²) in [7, 11) is 0. The highest BCUT2D eigenvalue weighted by atomic mass is 16.3. The van der Waals surface area contributed by atoms with Crippen LogP contribution >= 0.6 is 0 Å². The normalized spacial score (nSPS) is 23.0. The van der Waals surface area contributed by atoms with Crippen molar-refractivity contribution in [1.29, 1.82) is 0 Å². The molecule has 3 aliphatic rings. The number of fused-ring (bicyclic) bond motifs is 4. The van der Waals surface area contributed by atoms with E-state index in [-0.39, 0.29) is 24.2 Å². The molecule has 8 heteroatoms. The second-order valence-electron chi connectivity index (χ2n) is 8.71. The number of rotatable bonds is 7. The number of nitrogens with one attached hydrogen (secondary N) is 2. The number of H-pyrrole nitrogens is 1. The minimum Gasteiger partial charge on any atom is -0.483 e. The number of benzene rings is 1. The molecule has 5 rings (SSSR count). The Kier molecular flexibility index (Phi) is 7.79. The maximum absolute atomic E-state index is 12.9. The van der Waals surface area contributed by atoms with Crippen LogP contribution < -0.4 is 5.32 Å². The summed E-state index contributed by atoms with van der Waals surface area (Å²) >= 11 is 0. The van der Waals surface area contributed by atoms with Crippen LogP contribution in [-0.4, -0.2) is 64.0 Å². The fraction of sp³-hybridized carbons (Fsp3) is 0.565. The van der Waals surface area contributed by atoms with Gasteiger partial charge in [0.05, 0.1) is 5.52 Å². The van der Waals surface area contributed by atoms with Crippen LogP contribution in [0.15, 0.2) is 18.2 Å². The minimum absolute atomic E-state index is 0.118. The summed E-state index contributed by atoms with van der Waals surface area (Å²) in [6.45, 7) is 7.20. The van der Waals surface area contributed by atoms with Gasteiger partial charge in [-0.15, -0.1) is 0 Å². The van der Waals surface area contributed by atoms with Gasteiger partial charge in [-0.3, -0.25) is 19.5 Å². The lowest BCUT2D eigenvalue weighted by atomic mass is 9.84. The predicted octanol–water partition coefficient (Wildman–Crippen LogP) is 2.64. The molecule has 168 valence electrons. The van der Waals surface area contributed by atoms with Crippen LogP contribution in [0.25, 0.3) is 10.9 Å². The SMILES string of the molecule is CCC(C)CC(=O)Cc1ccc2[nH]nc(C(=O)N[C@H]3CN4CCC3CC4)c2c1.O=CO. The van der Waals surface area contributed by atoms with Crippen molar-refractivity contribution >= 4 is 29.1 Å². The summed E-state index contributed by atoms with van der Waals surface area (Å²) in [5.74, 6) is 1.12. The van der Waals surface area contributed by atoms with Crippen molar-refractivity contribution < 1.29 is 19.5 Å². The average molecular weight is 429 g/mol. The van der Waals surface area contributed by atoms with E-state index in [0.717, 1.165) is 55.4 Å². The van der Waals surface area contributed by atoms with Gasteiger partial charge in [0.25, 0.3) is 12.4 Å². The maximum atomic E-state index is 12.9. The van der Waals surface area contributed by atoms with Crippen molar-refractivity contribution in [3.8, 4) is 0 Å². The number of aromatic amines is 1. The summed E-state index contributed by atoms with van der Waals surface area (Å²) in [5, 5.41) is 18.1. The lowest BCUT2D eigenvalue weighted by Gasteiger charge is -2.44. The van der Waals surface area contributed by atoms with Crippen molar-refractivity contribution in [1.82, 2.24) is 20.4 Å². The first kappa shape index (κ1) is 22.9. The molecule has 2 aromatic rings. The third kappa shape index (κ3) is 5.70. The zero-order chi connectivity index (χ0) is 22.4. The van der Waals surface area contributed by atoms with Crippen LogP contribution in [0, 0.1) is 11.8 Å². The Morgan fingerprint density at radius 2 is 2.06 bits per heavy atom. The van der Waals surface area contributed by atoms with E-state index >= 15 is 0 Å². The average Bonchev–Trinajstić information content (AvgIpc) is 3.18. The van der Waals surface area contributed by atoms with E-state index in [2.05, 4.69) is 34.3 Å². The zero-order valence-electron chi connectivity index (χ0n) is 18.3. The van der Waals surface area contributed by atoms with Crippen LogP contribution in [0.2, 0.25) is 0 Å². The molecular formula is C23H32N4O4. The van der Waals surface area contributed by atoms with Crippen LogP contribution in [0.5, 0.6) is 0 Å². The van der Waals surface area contributed by atoms with E-state index in [1.165, 1.54) is 0 Å². The Labute approximate surface area is 182 Å². The van der Waals surface area contributed by atoms with Gasteiger partial charge in [0, 0.05) is 30.8 Å². The molecule has 3 saturated heterocycles. The van der Waals surface area contributed by atoms with E-state index in [9.17, 15) is 9.59 Å². The lowest BCUT2D eigenvalue weighted by molar-refractivity contribution is -0.123. The Balaban J connectivity index is 0.000000858. The van der Waals surface area contributed by atoms with Gasteiger partial charge in [-0.1, -0.05) is 26.3 Å². The quantitative estimate of drug-likeness (QED) is 0.584. The van der Waals surface area contributed by atoms with E-state index < -0.39 is 0 Å². The van der Waals surface area contributed by atoms with Gasteiger partial charge < -0.3 is 15.3 Å². The second kappa shape index (κ2) is 10.5. The Bertz CT molecular complexity index is 917. The zero-order valence-corrected chi connectivity index (χ0v) is 18.3. The molecule has 31 heavy (non-hydrogen) atoms. The highest BCUT2D eigenvalue weighted by Crippen LogP contribution is 2.28. The van der Waals surface area contributed by atoms with Gasteiger partial charge in [-0.05, 0) is 55.5 Å². The highest BCUT2D eigenvalue weighted by molar-refractivity contribution is 6.05. The summed E-state index contributed by atoms with van der Waals surface area (Å²) in [6.07, 6.45) is 4.35. The van der Waals surface area contributed by atoms with Crippen molar-refractivity contribution in [3.05, 3.63) is 29.5 Å². The van der Waals surface area contributed by atoms with Crippen LogP contribution in [0.4, 0.5) is 0 Å². The molecule has 0 aliphatic carbocycles. The first-order valence-electron chi connectivity index (χ1n) is 11.0. The number of Topliss-reactive ketones (excluding diaryl/α,β-unsaturated/α-hetero) is 1. The molecule has 3 fully saturated rings. The fourth-order valence-electron chi connectivity index (χ4n) is 4.54. The number of nitrogens with zero attached hydrogens (tertiary/aromatic N) is 2. The fourth-order valence-corrected chi connectivity index (χ4v) is 4.54. The topological polar surface area (TPSA) is 115 Å². The highest BCUT2D eigenvalue weighted by Gasteiger charge is 2.35. The third-order valence-corrected chi connectivity index (χ3v) is 6.49. The van der Waals surface area contributed by atoms with Gasteiger partial charge >= 0.3 is 0 Å². The van der Waals surface area contributed by atoms with E-state index in [4.69, 9.17) is 9.90 Å². The molecular weight excluding hydrogens is 396 g/mol. The molecule has 0 saturated carbocycles. The van der Waals surface area contributed by atoms with Crippen molar-refractivity contribution in [2.75, 3.05) is 19.6 Å².